The molecule has 7 heteroatoms. The van der Waals surface area contributed by atoms with Gasteiger partial charge < -0.3 is 14.8 Å². The average Bonchev–Trinajstić information content (AvgIpc) is 3.08. The molecule has 2 heterocycles. The second-order valence-corrected chi connectivity index (χ2v) is 4.98. The van der Waals surface area contributed by atoms with Crippen molar-refractivity contribution in [2.24, 2.45) is 0 Å². The molecule has 0 spiro atoms. The quantitative estimate of drug-likeness (QED) is 0.765. The summed E-state index contributed by atoms with van der Waals surface area (Å²) in [6.07, 6.45) is 2.85. The van der Waals surface area contributed by atoms with Gasteiger partial charge in [-0.2, -0.15) is 0 Å². The van der Waals surface area contributed by atoms with Crippen LogP contribution in [0.25, 0.3) is 10.8 Å². The highest BCUT2D eigenvalue weighted by molar-refractivity contribution is 7.13. The van der Waals surface area contributed by atoms with Crippen LogP contribution in [0.5, 0.6) is 0 Å². The Morgan fingerprint density at radius 2 is 2.25 bits per heavy atom. The molecule has 2 aromatic heterocycles. The van der Waals surface area contributed by atoms with Crippen LogP contribution in [0.4, 0.5) is 0 Å². The van der Waals surface area contributed by atoms with E-state index in [4.69, 9.17) is 9.52 Å². The van der Waals surface area contributed by atoms with Gasteiger partial charge in [0.2, 0.25) is 0 Å². The maximum atomic E-state index is 11.8. The Bertz CT molecular complexity index is 577. The fraction of sp³-hybridized carbons (Fsp3) is 0.308. The number of amides is 1. The Balaban J connectivity index is 1.80. The summed E-state index contributed by atoms with van der Waals surface area (Å²) in [5.74, 6) is -0.441. The van der Waals surface area contributed by atoms with E-state index in [2.05, 4.69) is 10.3 Å². The number of carboxylic acid groups (broad SMARTS) is 1. The van der Waals surface area contributed by atoms with Gasteiger partial charge in [0.15, 0.2) is 10.8 Å². The van der Waals surface area contributed by atoms with Gasteiger partial charge in [-0.05, 0) is 25.0 Å². The molecule has 0 aliphatic rings. The standard InChI is InChI=1S/C13H14N2O4S/c16-11(17)5-1-2-6-14-12(18)9-8-20-13(15-9)10-4-3-7-19-10/h3-4,7-8H,1-2,5-6H2,(H,14,18)(H,16,17). The number of carboxylic acids is 1. The number of rotatable bonds is 7. The van der Waals surface area contributed by atoms with Gasteiger partial charge in [0.25, 0.3) is 5.91 Å². The van der Waals surface area contributed by atoms with Crippen molar-refractivity contribution in [2.45, 2.75) is 19.3 Å². The van der Waals surface area contributed by atoms with Crippen LogP contribution in [0.15, 0.2) is 28.2 Å². The summed E-state index contributed by atoms with van der Waals surface area (Å²) in [7, 11) is 0. The number of carbonyl (C=O) groups is 2. The summed E-state index contributed by atoms with van der Waals surface area (Å²) in [6.45, 7) is 0.444. The summed E-state index contributed by atoms with van der Waals surface area (Å²) in [5, 5.41) is 13.5. The SMILES string of the molecule is O=C(O)CCCCNC(=O)c1csc(-c2ccco2)n1. The van der Waals surface area contributed by atoms with Gasteiger partial charge in [-0.15, -0.1) is 11.3 Å². The summed E-state index contributed by atoms with van der Waals surface area (Å²) >= 11 is 1.34. The normalized spacial score (nSPS) is 10.4. The van der Waals surface area contributed by atoms with Crippen molar-refractivity contribution in [1.29, 1.82) is 0 Å². The van der Waals surface area contributed by atoms with Crippen LogP contribution in [0.2, 0.25) is 0 Å². The van der Waals surface area contributed by atoms with Crippen molar-refractivity contribution in [3.63, 3.8) is 0 Å². The number of hydrogen-bond acceptors (Lipinski definition) is 5. The summed E-state index contributed by atoms with van der Waals surface area (Å²) in [5.41, 5.74) is 0.347. The van der Waals surface area contributed by atoms with E-state index in [0.29, 0.717) is 35.8 Å². The first-order chi connectivity index (χ1) is 9.66. The lowest BCUT2D eigenvalue weighted by Crippen LogP contribution is -2.24. The molecule has 0 saturated heterocycles. The topological polar surface area (TPSA) is 92.4 Å². The Morgan fingerprint density at radius 1 is 1.40 bits per heavy atom. The van der Waals surface area contributed by atoms with Crippen molar-refractivity contribution in [3.8, 4) is 10.8 Å². The van der Waals surface area contributed by atoms with Gasteiger partial charge >= 0.3 is 5.97 Å². The molecule has 2 N–H and O–H groups in total. The highest BCUT2D eigenvalue weighted by Crippen LogP contribution is 2.23. The van der Waals surface area contributed by atoms with Gasteiger partial charge in [-0.1, -0.05) is 0 Å². The Labute approximate surface area is 119 Å². The van der Waals surface area contributed by atoms with Crippen molar-refractivity contribution in [2.75, 3.05) is 6.54 Å². The van der Waals surface area contributed by atoms with E-state index in [1.165, 1.54) is 11.3 Å². The summed E-state index contributed by atoms with van der Waals surface area (Å²) in [4.78, 5) is 26.3. The minimum Gasteiger partial charge on any atom is -0.481 e. The van der Waals surface area contributed by atoms with Gasteiger partial charge in [0, 0.05) is 18.3 Å². The molecular weight excluding hydrogens is 280 g/mol. The van der Waals surface area contributed by atoms with Gasteiger partial charge in [-0.3, -0.25) is 9.59 Å². The molecule has 0 aromatic carbocycles. The van der Waals surface area contributed by atoms with Crippen LogP contribution in [-0.4, -0.2) is 28.5 Å². The lowest BCUT2D eigenvalue weighted by molar-refractivity contribution is -0.137. The zero-order valence-corrected chi connectivity index (χ0v) is 11.5. The zero-order valence-electron chi connectivity index (χ0n) is 10.7. The molecule has 0 bridgehead atoms. The van der Waals surface area contributed by atoms with Crippen LogP contribution in [0, 0.1) is 0 Å². The zero-order chi connectivity index (χ0) is 14.4. The molecule has 0 radical (unpaired) electrons. The number of furan rings is 1. The first-order valence-corrected chi connectivity index (χ1v) is 7.04. The number of nitrogens with zero attached hydrogens (tertiary/aromatic N) is 1. The van der Waals surface area contributed by atoms with Crippen LogP contribution in [-0.2, 0) is 4.79 Å². The molecule has 6 nitrogen and oxygen atoms in total. The molecule has 20 heavy (non-hydrogen) atoms. The third-order valence-electron chi connectivity index (χ3n) is 2.57. The smallest absolute Gasteiger partial charge is 0.303 e. The van der Waals surface area contributed by atoms with Gasteiger partial charge in [0.1, 0.15) is 5.69 Å². The molecule has 0 aliphatic heterocycles. The van der Waals surface area contributed by atoms with E-state index in [-0.39, 0.29) is 12.3 Å². The minimum atomic E-state index is -0.820. The summed E-state index contributed by atoms with van der Waals surface area (Å²) < 4.78 is 5.21. The third kappa shape index (κ3) is 3.92. The maximum absolute atomic E-state index is 11.8. The predicted molar refractivity (Wildman–Crippen MR) is 73.6 cm³/mol. The van der Waals surface area contributed by atoms with E-state index < -0.39 is 5.97 Å². The summed E-state index contributed by atoms with van der Waals surface area (Å²) in [6, 6.07) is 3.55. The third-order valence-corrected chi connectivity index (χ3v) is 3.43. The lowest BCUT2D eigenvalue weighted by Gasteiger charge is -2.01. The molecule has 0 unspecified atom stereocenters. The number of aromatic nitrogens is 1. The van der Waals surface area contributed by atoms with E-state index >= 15 is 0 Å². The van der Waals surface area contributed by atoms with Crippen molar-refractivity contribution in [3.05, 3.63) is 29.5 Å². The Hall–Kier alpha value is -2.15. The van der Waals surface area contributed by atoms with Crippen LogP contribution >= 0.6 is 11.3 Å². The molecule has 1 amide bonds. The number of aliphatic carboxylic acids is 1. The van der Waals surface area contributed by atoms with E-state index in [9.17, 15) is 9.59 Å². The molecule has 106 valence electrons. The number of thiazole rings is 1. The van der Waals surface area contributed by atoms with E-state index in [1.807, 2.05) is 0 Å². The van der Waals surface area contributed by atoms with Crippen LogP contribution in [0.1, 0.15) is 29.8 Å². The number of hydrogen-bond donors (Lipinski definition) is 2. The van der Waals surface area contributed by atoms with E-state index in [1.54, 1.807) is 23.8 Å². The monoisotopic (exact) mass is 294 g/mol. The Kier molecular flexibility index (Phi) is 4.89. The largest absolute Gasteiger partial charge is 0.481 e. The van der Waals surface area contributed by atoms with E-state index in [0.717, 1.165) is 0 Å². The first-order valence-electron chi connectivity index (χ1n) is 6.16. The van der Waals surface area contributed by atoms with Crippen molar-refractivity contribution >= 4 is 23.2 Å². The number of unbranched alkanes of at least 4 members (excludes halogenated alkanes) is 1. The second kappa shape index (κ2) is 6.85. The molecule has 0 fully saturated rings. The maximum Gasteiger partial charge on any atom is 0.303 e. The molecule has 2 rings (SSSR count). The molecule has 0 saturated carbocycles. The lowest BCUT2D eigenvalue weighted by atomic mass is 10.2. The minimum absolute atomic E-state index is 0.120. The second-order valence-electron chi connectivity index (χ2n) is 4.12. The highest BCUT2D eigenvalue weighted by Gasteiger charge is 2.12. The highest BCUT2D eigenvalue weighted by atomic mass is 32.1. The number of nitrogens with one attached hydrogen (secondary N) is 1. The fourth-order valence-corrected chi connectivity index (χ4v) is 2.35. The number of carbonyl (C=O) groups excluding carboxylic acids is 1. The average molecular weight is 294 g/mol. The molecule has 0 aliphatic carbocycles. The van der Waals surface area contributed by atoms with Crippen LogP contribution in [0.3, 0.4) is 0 Å². The molecule has 0 atom stereocenters. The molecular formula is C13H14N2O4S. The van der Waals surface area contributed by atoms with Gasteiger partial charge in [0.05, 0.1) is 6.26 Å². The van der Waals surface area contributed by atoms with Crippen molar-refractivity contribution in [1.82, 2.24) is 10.3 Å². The Morgan fingerprint density at radius 3 is 2.95 bits per heavy atom. The first kappa shape index (κ1) is 14.3. The molecule has 2 aromatic rings. The van der Waals surface area contributed by atoms with Gasteiger partial charge in [-0.25, -0.2) is 4.98 Å². The fourth-order valence-electron chi connectivity index (χ4n) is 1.59. The van der Waals surface area contributed by atoms with Crippen LogP contribution < -0.4 is 5.32 Å². The van der Waals surface area contributed by atoms with Crippen molar-refractivity contribution < 1.29 is 19.1 Å². The predicted octanol–water partition coefficient (Wildman–Crippen LogP) is 2.39.